The van der Waals surface area contributed by atoms with Crippen LogP contribution in [0.15, 0.2) is 30.3 Å². The van der Waals surface area contributed by atoms with Gasteiger partial charge in [0.15, 0.2) is 0 Å². The van der Waals surface area contributed by atoms with Crippen LogP contribution in [0.5, 0.6) is 0 Å². The second-order valence-electron chi connectivity index (χ2n) is 1.73. The van der Waals surface area contributed by atoms with E-state index in [1.54, 1.807) is 24.3 Å². The first-order chi connectivity index (χ1) is 4.30. The fourth-order valence-electron chi connectivity index (χ4n) is 0.602. The van der Waals surface area contributed by atoms with E-state index in [-0.39, 0.29) is 39.9 Å². The van der Waals surface area contributed by atoms with Crippen molar-refractivity contribution >= 4 is 39.9 Å². The van der Waals surface area contributed by atoms with Crippen molar-refractivity contribution < 1.29 is 4.79 Å². The summed E-state index contributed by atoms with van der Waals surface area (Å²) in [6, 6.07) is 8.76. The summed E-state index contributed by atoms with van der Waals surface area (Å²) in [6.07, 6.45) is 0. The Morgan fingerprint density at radius 2 is 1.55 bits per heavy atom. The Morgan fingerprint density at radius 1 is 1.09 bits per heavy atom. The normalized spacial score (nSPS) is 7.27. The molecule has 0 aromatic heterocycles. The molecular weight excluding hydrogens is 274 g/mol. The van der Waals surface area contributed by atoms with E-state index in [9.17, 15) is 4.79 Å². The maximum absolute atomic E-state index is 10.4. The molecule has 0 unspecified atom stereocenters. The van der Waals surface area contributed by atoms with Gasteiger partial charge >= 0.3 is 0 Å². The molecule has 0 saturated heterocycles. The maximum Gasteiger partial charge on any atom is 0.248 e. The summed E-state index contributed by atoms with van der Waals surface area (Å²) in [7, 11) is 0. The van der Waals surface area contributed by atoms with Crippen LogP contribution in [0.4, 0.5) is 0 Å². The van der Waals surface area contributed by atoms with Crippen molar-refractivity contribution in [2.24, 2.45) is 5.73 Å². The zero-order valence-corrected chi connectivity index (χ0v) is 9.11. The quantitative estimate of drug-likeness (QED) is 0.841. The molecule has 1 aromatic rings. The van der Waals surface area contributed by atoms with Crippen LogP contribution in [-0.4, -0.2) is 5.91 Å². The predicted molar refractivity (Wildman–Crippen MR) is 55.6 cm³/mol. The Bertz CT molecular complexity index is 213. The summed E-state index contributed by atoms with van der Waals surface area (Å²) in [4.78, 5) is 10.4. The first kappa shape index (κ1) is 13.3. The third-order valence-electron chi connectivity index (χ3n) is 1.06. The highest BCUT2D eigenvalue weighted by atomic mass is 79.9. The average Bonchev–Trinajstić information content (AvgIpc) is 1.90. The molecular formula is C7H9Br2NO. The van der Waals surface area contributed by atoms with E-state index in [1.807, 2.05) is 6.07 Å². The van der Waals surface area contributed by atoms with Gasteiger partial charge < -0.3 is 5.73 Å². The minimum absolute atomic E-state index is 0. The summed E-state index contributed by atoms with van der Waals surface area (Å²) in [6.45, 7) is 0. The van der Waals surface area contributed by atoms with Gasteiger partial charge in [0.1, 0.15) is 0 Å². The fraction of sp³-hybridized carbons (Fsp3) is 0. The largest absolute Gasteiger partial charge is 0.366 e. The summed E-state index contributed by atoms with van der Waals surface area (Å²) in [5.74, 6) is -0.379. The van der Waals surface area contributed by atoms with E-state index in [0.717, 1.165) is 0 Å². The van der Waals surface area contributed by atoms with Crippen LogP contribution in [0.25, 0.3) is 0 Å². The molecule has 2 N–H and O–H groups in total. The van der Waals surface area contributed by atoms with Gasteiger partial charge in [-0.2, -0.15) is 0 Å². The third-order valence-corrected chi connectivity index (χ3v) is 1.06. The van der Waals surface area contributed by atoms with Gasteiger partial charge in [0, 0.05) is 5.56 Å². The summed E-state index contributed by atoms with van der Waals surface area (Å²) in [5.41, 5.74) is 5.53. The van der Waals surface area contributed by atoms with Crippen molar-refractivity contribution in [1.29, 1.82) is 0 Å². The highest BCUT2D eigenvalue weighted by molar-refractivity contribution is 8.93. The Morgan fingerprint density at radius 3 is 1.82 bits per heavy atom. The molecule has 2 nitrogen and oxygen atoms in total. The number of hydrogen-bond acceptors (Lipinski definition) is 1. The zero-order valence-electron chi connectivity index (χ0n) is 5.69. The van der Waals surface area contributed by atoms with Gasteiger partial charge in [-0.15, -0.1) is 34.0 Å². The molecule has 1 rings (SSSR count). The molecule has 0 atom stereocenters. The lowest BCUT2D eigenvalue weighted by atomic mass is 10.2. The van der Waals surface area contributed by atoms with E-state index in [0.29, 0.717) is 5.56 Å². The lowest BCUT2D eigenvalue weighted by Gasteiger charge is -1.89. The van der Waals surface area contributed by atoms with Crippen LogP contribution in [0.2, 0.25) is 0 Å². The third kappa shape index (κ3) is 4.16. The lowest BCUT2D eigenvalue weighted by Crippen LogP contribution is -2.09. The number of benzene rings is 1. The Kier molecular flexibility index (Phi) is 7.67. The summed E-state index contributed by atoms with van der Waals surface area (Å²) < 4.78 is 0. The van der Waals surface area contributed by atoms with Gasteiger partial charge in [-0.25, -0.2) is 0 Å². The highest BCUT2D eigenvalue weighted by Gasteiger charge is 1.93. The number of amides is 1. The molecule has 1 aromatic carbocycles. The fourth-order valence-corrected chi connectivity index (χ4v) is 0.602. The number of halogens is 2. The molecule has 0 spiro atoms. The van der Waals surface area contributed by atoms with Crippen LogP contribution < -0.4 is 5.73 Å². The van der Waals surface area contributed by atoms with Gasteiger partial charge in [0.05, 0.1) is 0 Å². The van der Waals surface area contributed by atoms with Crippen molar-refractivity contribution in [3.05, 3.63) is 35.9 Å². The number of carbonyl (C=O) groups is 1. The molecule has 0 aliphatic rings. The minimum Gasteiger partial charge on any atom is -0.366 e. The average molecular weight is 283 g/mol. The standard InChI is InChI=1S/C7H7NO.2BrH/c8-7(9)6-4-2-1-3-5-6;;/h1-5H,(H2,8,9);2*1H. The summed E-state index contributed by atoms with van der Waals surface area (Å²) >= 11 is 0. The number of hydrogen-bond donors (Lipinski definition) is 1. The molecule has 0 fully saturated rings. The monoisotopic (exact) mass is 281 g/mol. The number of carbonyl (C=O) groups excluding carboxylic acids is 1. The smallest absolute Gasteiger partial charge is 0.248 e. The van der Waals surface area contributed by atoms with Crippen LogP contribution >= 0.6 is 34.0 Å². The van der Waals surface area contributed by atoms with Gasteiger partial charge in [-0.05, 0) is 12.1 Å². The first-order valence-electron chi connectivity index (χ1n) is 2.65. The molecule has 0 aliphatic carbocycles. The molecule has 0 radical (unpaired) electrons. The van der Waals surface area contributed by atoms with E-state index in [1.165, 1.54) is 0 Å². The molecule has 0 aliphatic heterocycles. The molecule has 4 heteroatoms. The van der Waals surface area contributed by atoms with E-state index >= 15 is 0 Å². The zero-order chi connectivity index (χ0) is 6.69. The van der Waals surface area contributed by atoms with Gasteiger partial charge in [0.25, 0.3) is 0 Å². The van der Waals surface area contributed by atoms with Crippen LogP contribution in [0.1, 0.15) is 10.4 Å². The molecule has 1 amide bonds. The Labute approximate surface area is 86.3 Å². The van der Waals surface area contributed by atoms with E-state index in [4.69, 9.17) is 5.73 Å². The SMILES string of the molecule is Br.Br.NC(=O)c1ccccc1. The second kappa shape index (κ2) is 6.37. The van der Waals surface area contributed by atoms with Crippen molar-refractivity contribution in [2.75, 3.05) is 0 Å². The highest BCUT2D eigenvalue weighted by Crippen LogP contribution is 1.94. The molecule has 0 saturated carbocycles. The van der Waals surface area contributed by atoms with Crippen molar-refractivity contribution in [1.82, 2.24) is 0 Å². The maximum atomic E-state index is 10.4. The number of primary amides is 1. The Balaban J connectivity index is 0. The van der Waals surface area contributed by atoms with Crippen molar-refractivity contribution in [3.63, 3.8) is 0 Å². The summed E-state index contributed by atoms with van der Waals surface area (Å²) in [5, 5.41) is 0. The van der Waals surface area contributed by atoms with Gasteiger partial charge in [-0.1, -0.05) is 18.2 Å². The van der Waals surface area contributed by atoms with Crippen LogP contribution in [0, 0.1) is 0 Å². The van der Waals surface area contributed by atoms with Crippen LogP contribution in [-0.2, 0) is 0 Å². The lowest BCUT2D eigenvalue weighted by molar-refractivity contribution is 0.100. The number of rotatable bonds is 1. The first-order valence-corrected chi connectivity index (χ1v) is 2.65. The van der Waals surface area contributed by atoms with E-state index in [2.05, 4.69) is 0 Å². The van der Waals surface area contributed by atoms with Crippen molar-refractivity contribution in [2.45, 2.75) is 0 Å². The van der Waals surface area contributed by atoms with Crippen LogP contribution in [0.3, 0.4) is 0 Å². The second-order valence-corrected chi connectivity index (χ2v) is 1.73. The Hall–Kier alpha value is -0.350. The van der Waals surface area contributed by atoms with Crippen molar-refractivity contribution in [3.8, 4) is 0 Å². The molecule has 62 valence electrons. The molecule has 0 heterocycles. The van der Waals surface area contributed by atoms with E-state index < -0.39 is 0 Å². The topological polar surface area (TPSA) is 43.1 Å². The molecule has 0 bridgehead atoms. The predicted octanol–water partition coefficient (Wildman–Crippen LogP) is 1.94. The van der Waals surface area contributed by atoms with Gasteiger partial charge in [0.2, 0.25) is 5.91 Å². The molecule has 11 heavy (non-hydrogen) atoms. The minimum atomic E-state index is -0.379. The number of nitrogens with two attached hydrogens (primary N) is 1. The van der Waals surface area contributed by atoms with Gasteiger partial charge in [-0.3, -0.25) is 4.79 Å².